The van der Waals surface area contributed by atoms with Crippen molar-refractivity contribution in [2.45, 2.75) is 12.3 Å². The Hall–Kier alpha value is -2.91. The van der Waals surface area contributed by atoms with E-state index in [1.165, 1.54) is 25.3 Å². The highest BCUT2D eigenvalue weighted by molar-refractivity contribution is 5.81. The van der Waals surface area contributed by atoms with Gasteiger partial charge >= 0.3 is 5.97 Å². The molecule has 1 aromatic rings. The summed E-state index contributed by atoms with van der Waals surface area (Å²) >= 11 is 0. The average Bonchev–Trinajstić information content (AvgIpc) is 2.39. The van der Waals surface area contributed by atoms with E-state index in [2.05, 4.69) is 4.98 Å². The fourth-order valence-corrected chi connectivity index (χ4v) is 1.44. The molecular formula is C12H8N4O2. The molecule has 6 nitrogen and oxygen atoms in total. The molecule has 1 heterocycles. The summed E-state index contributed by atoms with van der Waals surface area (Å²) in [5, 5.41) is 35.6. The topological polar surface area (TPSA) is 122 Å². The highest BCUT2D eigenvalue weighted by Gasteiger charge is 2.45. The molecule has 1 unspecified atom stereocenters. The minimum atomic E-state index is -1.72. The molecule has 0 aliphatic heterocycles. The number of carboxylic acid groups (broad SMARTS) is 1. The van der Waals surface area contributed by atoms with Gasteiger partial charge < -0.3 is 5.11 Å². The summed E-state index contributed by atoms with van der Waals surface area (Å²) in [6.45, 7) is 1.26. The second-order valence-electron chi connectivity index (χ2n) is 3.74. The lowest BCUT2D eigenvalue weighted by atomic mass is 9.75. The van der Waals surface area contributed by atoms with E-state index in [0.29, 0.717) is 0 Å². The van der Waals surface area contributed by atoms with E-state index in [0.717, 1.165) is 0 Å². The number of carbonyl (C=O) groups is 1. The first kappa shape index (κ1) is 13.2. The van der Waals surface area contributed by atoms with Crippen LogP contribution >= 0.6 is 0 Å². The molecule has 18 heavy (non-hydrogen) atoms. The summed E-state index contributed by atoms with van der Waals surface area (Å²) in [5.41, 5.74) is -1.38. The number of nitriles is 3. The fraction of sp³-hybridized carbons (Fsp3) is 0.250. The van der Waals surface area contributed by atoms with Gasteiger partial charge in [0.1, 0.15) is 11.5 Å². The SMILES string of the molecule is CC(C(=O)O)(c1ccc(C#N)cn1)C(C#N)C#N. The number of hydrogen-bond acceptors (Lipinski definition) is 5. The summed E-state index contributed by atoms with van der Waals surface area (Å²) in [7, 11) is 0. The maximum Gasteiger partial charge on any atom is 0.317 e. The molecule has 88 valence electrons. The van der Waals surface area contributed by atoms with Gasteiger partial charge in [0.15, 0.2) is 5.92 Å². The van der Waals surface area contributed by atoms with Gasteiger partial charge in [0.05, 0.1) is 23.4 Å². The van der Waals surface area contributed by atoms with Crippen LogP contribution < -0.4 is 0 Å². The van der Waals surface area contributed by atoms with Crippen molar-refractivity contribution in [2.75, 3.05) is 0 Å². The predicted molar refractivity (Wildman–Crippen MR) is 58.7 cm³/mol. The Morgan fingerprint density at radius 2 is 2.00 bits per heavy atom. The molecular weight excluding hydrogens is 232 g/mol. The Labute approximate surface area is 103 Å². The van der Waals surface area contributed by atoms with Crippen LogP contribution in [0.1, 0.15) is 18.2 Å². The summed E-state index contributed by atoms with van der Waals surface area (Å²) in [4.78, 5) is 15.2. The van der Waals surface area contributed by atoms with Crippen LogP contribution in [0.4, 0.5) is 0 Å². The molecule has 0 aliphatic carbocycles. The Kier molecular flexibility index (Phi) is 3.62. The van der Waals surface area contributed by atoms with Crippen molar-refractivity contribution < 1.29 is 9.90 Å². The maximum atomic E-state index is 11.3. The third kappa shape index (κ3) is 1.98. The number of pyridine rings is 1. The van der Waals surface area contributed by atoms with E-state index in [4.69, 9.17) is 15.8 Å². The van der Waals surface area contributed by atoms with Crippen LogP contribution in [-0.2, 0) is 10.2 Å². The van der Waals surface area contributed by atoms with E-state index in [-0.39, 0.29) is 11.3 Å². The first-order valence-electron chi connectivity index (χ1n) is 4.90. The van der Waals surface area contributed by atoms with E-state index in [1.54, 1.807) is 12.1 Å². The molecule has 0 fully saturated rings. The number of aromatic nitrogens is 1. The summed E-state index contributed by atoms with van der Waals surface area (Å²) in [6, 6.07) is 7.90. The Balaban J connectivity index is 3.38. The molecule has 0 saturated heterocycles. The van der Waals surface area contributed by atoms with Crippen molar-refractivity contribution in [3.8, 4) is 18.2 Å². The van der Waals surface area contributed by atoms with E-state index in [9.17, 15) is 9.90 Å². The van der Waals surface area contributed by atoms with Crippen LogP contribution in [0.25, 0.3) is 0 Å². The molecule has 1 rings (SSSR count). The first-order chi connectivity index (χ1) is 8.50. The van der Waals surface area contributed by atoms with E-state index in [1.807, 2.05) is 6.07 Å². The molecule has 0 saturated carbocycles. The second-order valence-corrected chi connectivity index (χ2v) is 3.74. The van der Waals surface area contributed by atoms with Crippen molar-refractivity contribution in [1.29, 1.82) is 15.8 Å². The summed E-state index contributed by atoms with van der Waals surface area (Å²) < 4.78 is 0. The third-order valence-corrected chi connectivity index (χ3v) is 2.70. The molecule has 1 atom stereocenters. The largest absolute Gasteiger partial charge is 0.480 e. The first-order valence-corrected chi connectivity index (χ1v) is 4.90. The minimum absolute atomic E-state index is 0.0714. The maximum absolute atomic E-state index is 11.3. The number of carboxylic acids is 1. The smallest absolute Gasteiger partial charge is 0.317 e. The quantitative estimate of drug-likeness (QED) is 0.839. The molecule has 6 heteroatoms. The van der Waals surface area contributed by atoms with Crippen molar-refractivity contribution in [2.24, 2.45) is 5.92 Å². The lowest BCUT2D eigenvalue weighted by molar-refractivity contribution is -0.144. The minimum Gasteiger partial charge on any atom is -0.480 e. The Morgan fingerprint density at radius 3 is 2.33 bits per heavy atom. The molecule has 0 bridgehead atoms. The summed E-state index contributed by atoms with van der Waals surface area (Å²) in [5.74, 6) is -2.68. The van der Waals surface area contributed by atoms with Crippen LogP contribution in [0.3, 0.4) is 0 Å². The lowest BCUT2D eigenvalue weighted by Gasteiger charge is -2.24. The number of rotatable bonds is 3. The number of aliphatic carboxylic acids is 1. The van der Waals surface area contributed by atoms with E-state index >= 15 is 0 Å². The summed E-state index contributed by atoms with van der Waals surface area (Å²) in [6.07, 6.45) is 1.21. The van der Waals surface area contributed by atoms with E-state index < -0.39 is 17.3 Å². The molecule has 1 N–H and O–H groups in total. The normalized spacial score (nSPS) is 12.8. The van der Waals surface area contributed by atoms with Gasteiger partial charge in [-0.05, 0) is 19.1 Å². The second kappa shape index (κ2) is 4.95. The van der Waals surface area contributed by atoms with Gasteiger partial charge in [-0.2, -0.15) is 15.8 Å². The Bertz CT molecular complexity index is 574. The van der Waals surface area contributed by atoms with Crippen molar-refractivity contribution in [1.82, 2.24) is 4.98 Å². The highest BCUT2D eigenvalue weighted by atomic mass is 16.4. The Morgan fingerprint density at radius 1 is 1.39 bits per heavy atom. The average molecular weight is 240 g/mol. The zero-order valence-electron chi connectivity index (χ0n) is 9.45. The number of nitrogens with zero attached hydrogens (tertiary/aromatic N) is 4. The fourth-order valence-electron chi connectivity index (χ4n) is 1.44. The van der Waals surface area contributed by atoms with Gasteiger partial charge in [-0.1, -0.05) is 0 Å². The molecule has 0 amide bonds. The number of hydrogen-bond donors (Lipinski definition) is 1. The van der Waals surface area contributed by atoms with Crippen molar-refractivity contribution in [3.05, 3.63) is 29.6 Å². The molecule has 1 aromatic heterocycles. The standard InChI is InChI=1S/C12H8N4O2/c1-12(11(17)18,9(5-14)6-15)10-3-2-8(4-13)7-16-10/h2-3,7,9H,1H3,(H,17,18). The van der Waals surface area contributed by atoms with Crippen molar-refractivity contribution >= 4 is 5.97 Å². The zero-order chi connectivity index (χ0) is 13.8. The monoisotopic (exact) mass is 240 g/mol. The van der Waals surface area contributed by atoms with Gasteiger partial charge in [0.25, 0.3) is 0 Å². The lowest BCUT2D eigenvalue weighted by Crippen LogP contribution is -2.40. The molecule has 0 aromatic carbocycles. The van der Waals surface area contributed by atoms with Crippen molar-refractivity contribution in [3.63, 3.8) is 0 Å². The third-order valence-electron chi connectivity index (χ3n) is 2.70. The zero-order valence-corrected chi connectivity index (χ0v) is 9.45. The molecule has 0 aliphatic rings. The van der Waals surface area contributed by atoms with Gasteiger partial charge in [0, 0.05) is 6.20 Å². The van der Waals surface area contributed by atoms with Gasteiger partial charge in [-0.15, -0.1) is 0 Å². The van der Waals surface area contributed by atoms with Gasteiger partial charge in [-0.3, -0.25) is 9.78 Å². The van der Waals surface area contributed by atoms with Gasteiger partial charge in [0.2, 0.25) is 0 Å². The predicted octanol–water partition coefficient (Wildman–Crippen LogP) is 0.959. The van der Waals surface area contributed by atoms with Crippen LogP contribution in [0.5, 0.6) is 0 Å². The van der Waals surface area contributed by atoms with Crippen LogP contribution in [0.15, 0.2) is 18.3 Å². The van der Waals surface area contributed by atoms with Crippen LogP contribution in [-0.4, -0.2) is 16.1 Å². The molecule has 0 spiro atoms. The van der Waals surface area contributed by atoms with Crippen LogP contribution in [0.2, 0.25) is 0 Å². The van der Waals surface area contributed by atoms with Gasteiger partial charge in [-0.25, -0.2) is 0 Å². The van der Waals surface area contributed by atoms with Crippen LogP contribution in [0, 0.1) is 39.9 Å². The molecule has 0 radical (unpaired) electrons. The highest BCUT2D eigenvalue weighted by Crippen LogP contribution is 2.30.